The van der Waals surface area contributed by atoms with E-state index in [1.807, 2.05) is 37.3 Å². The van der Waals surface area contributed by atoms with Crippen LogP contribution in [0.25, 0.3) is 10.9 Å². The van der Waals surface area contributed by atoms with Gasteiger partial charge < -0.3 is 15.4 Å². The Kier molecular flexibility index (Phi) is 7.49. The molecule has 10 nitrogen and oxygen atoms in total. The van der Waals surface area contributed by atoms with Gasteiger partial charge in [-0.3, -0.25) is 19.8 Å². The number of ether oxygens (including phenoxy) is 1. The summed E-state index contributed by atoms with van der Waals surface area (Å²) < 4.78 is 29.2. The molecule has 1 saturated heterocycles. The highest BCUT2D eigenvalue weighted by Crippen LogP contribution is 2.34. The van der Waals surface area contributed by atoms with Crippen LogP contribution in [0, 0.1) is 6.92 Å². The molecule has 196 valence electrons. The molecule has 1 fully saturated rings. The largest absolute Gasteiger partial charge is 0.489 e. The highest BCUT2D eigenvalue weighted by Gasteiger charge is 2.48. The van der Waals surface area contributed by atoms with Crippen molar-refractivity contribution in [2.75, 3.05) is 18.6 Å². The van der Waals surface area contributed by atoms with Crippen LogP contribution in [0.3, 0.4) is 0 Å². The zero-order valence-electron chi connectivity index (χ0n) is 20.7. The number of aryl methyl sites for hydroxylation is 1. The minimum Gasteiger partial charge on any atom is -0.489 e. The quantitative estimate of drug-likeness (QED) is 0.282. The highest BCUT2D eigenvalue weighted by molar-refractivity contribution is 7.90. The van der Waals surface area contributed by atoms with E-state index in [0.717, 1.165) is 28.4 Å². The zero-order chi connectivity index (χ0) is 26.8. The summed E-state index contributed by atoms with van der Waals surface area (Å²) in [6.07, 6.45) is 1.12. The molecule has 4 rings (SSSR count). The number of fused-ring (bicyclic) bond motifs is 1. The lowest BCUT2D eigenvalue weighted by Gasteiger charge is -2.29. The van der Waals surface area contributed by atoms with Crippen molar-refractivity contribution in [2.24, 2.45) is 5.73 Å². The van der Waals surface area contributed by atoms with Crippen molar-refractivity contribution >= 4 is 32.6 Å². The third-order valence-electron chi connectivity index (χ3n) is 6.63. The van der Waals surface area contributed by atoms with Gasteiger partial charge in [-0.15, -0.1) is 0 Å². The van der Waals surface area contributed by atoms with E-state index >= 15 is 0 Å². The molecule has 1 aliphatic rings. The number of likely N-dealkylation sites (tertiary alicyclic amines) is 1. The number of benzene rings is 2. The Labute approximate surface area is 215 Å². The van der Waals surface area contributed by atoms with E-state index in [0.29, 0.717) is 17.9 Å². The number of nitrogens with one attached hydrogen (secondary N) is 1. The van der Waals surface area contributed by atoms with Crippen LogP contribution < -0.4 is 16.0 Å². The van der Waals surface area contributed by atoms with Crippen LogP contribution in [-0.2, 0) is 31.6 Å². The number of sulfone groups is 1. The molecule has 37 heavy (non-hydrogen) atoms. The average molecular weight is 527 g/mol. The van der Waals surface area contributed by atoms with E-state index in [1.54, 1.807) is 24.3 Å². The number of carbonyl (C=O) groups excluding carboxylic acids is 2. The molecule has 11 heteroatoms. The summed E-state index contributed by atoms with van der Waals surface area (Å²) in [6.45, 7) is 2.41. The maximum Gasteiger partial charge on any atom is 0.266 e. The standard InChI is InChI=1S/C26H30N4O6S/c1-17-15-18(21-5-3-4-6-22(21)28-17)16-36-20-9-7-19(8-10-20)26(27)12-13-30(25(26)32)23(24(31)29-33)11-14-37(2,34)35/h3-10,15,23,33H,11-14,16,27H2,1-2H3,(H,29,31). The molecule has 2 amide bonds. The molecule has 0 spiro atoms. The summed E-state index contributed by atoms with van der Waals surface area (Å²) >= 11 is 0. The van der Waals surface area contributed by atoms with Crippen molar-refractivity contribution < 1.29 is 28.0 Å². The fourth-order valence-corrected chi connectivity index (χ4v) is 5.33. The van der Waals surface area contributed by atoms with Crippen LogP contribution in [0.4, 0.5) is 0 Å². The van der Waals surface area contributed by atoms with Gasteiger partial charge in [0.1, 0.15) is 33.8 Å². The summed E-state index contributed by atoms with van der Waals surface area (Å²) in [7, 11) is -3.38. The number of hydrogen-bond donors (Lipinski definition) is 3. The van der Waals surface area contributed by atoms with Gasteiger partial charge in [-0.05, 0) is 49.6 Å². The molecule has 4 N–H and O–H groups in total. The summed E-state index contributed by atoms with van der Waals surface area (Å²) in [5, 5.41) is 10.1. The van der Waals surface area contributed by atoms with Gasteiger partial charge >= 0.3 is 0 Å². The van der Waals surface area contributed by atoms with Crippen LogP contribution in [0.15, 0.2) is 54.6 Å². The first kappa shape index (κ1) is 26.5. The van der Waals surface area contributed by atoms with Crippen molar-refractivity contribution in [3.8, 4) is 5.75 Å². The topological polar surface area (TPSA) is 152 Å². The van der Waals surface area contributed by atoms with Crippen molar-refractivity contribution in [1.29, 1.82) is 0 Å². The summed E-state index contributed by atoms with van der Waals surface area (Å²) in [6, 6.07) is 15.6. The molecule has 2 unspecified atom stereocenters. The number of nitrogens with zero attached hydrogens (tertiary/aromatic N) is 2. The van der Waals surface area contributed by atoms with Gasteiger partial charge in [0.15, 0.2) is 0 Å². The second-order valence-electron chi connectivity index (χ2n) is 9.38. The maximum absolute atomic E-state index is 13.3. The lowest BCUT2D eigenvalue weighted by Crippen LogP contribution is -2.52. The highest BCUT2D eigenvalue weighted by atomic mass is 32.2. The normalized spacial score (nSPS) is 18.7. The van der Waals surface area contributed by atoms with Gasteiger partial charge in [-0.25, -0.2) is 13.9 Å². The molecule has 3 aromatic rings. The number of nitrogens with two attached hydrogens (primary N) is 1. The molecular formula is C26H30N4O6S. The SMILES string of the molecule is Cc1cc(COc2ccc(C3(N)CCN(C(CCS(C)(=O)=O)C(=O)NO)C3=O)cc2)c2ccccc2n1. The Balaban J connectivity index is 1.48. The molecule has 2 aromatic carbocycles. The number of aromatic nitrogens is 1. The number of carbonyl (C=O) groups is 2. The number of rotatable bonds is 9. The molecule has 0 radical (unpaired) electrons. The summed E-state index contributed by atoms with van der Waals surface area (Å²) in [4.78, 5) is 31.3. The summed E-state index contributed by atoms with van der Waals surface area (Å²) in [5.41, 5.74) is 10.00. The van der Waals surface area contributed by atoms with E-state index in [9.17, 15) is 18.0 Å². The Bertz CT molecular complexity index is 1430. The van der Waals surface area contributed by atoms with E-state index < -0.39 is 33.2 Å². The second-order valence-corrected chi connectivity index (χ2v) is 11.6. The monoisotopic (exact) mass is 526 g/mol. The van der Waals surface area contributed by atoms with Gasteiger partial charge in [0.25, 0.3) is 5.91 Å². The fourth-order valence-electron chi connectivity index (χ4n) is 4.68. The van der Waals surface area contributed by atoms with Crippen molar-refractivity contribution in [1.82, 2.24) is 15.4 Å². The van der Waals surface area contributed by atoms with E-state index in [4.69, 9.17) is 15.7 Å². The molecular weight excluding hydrogens is 496 g/mol. The summed E-state index contributed by atoms with van der Waals surface area (Å²) in [5.74, 6) is -1.09. The van der Waals surface area contributed by atoms with Gasteiger partial charge in [0.05, 0.1) is 11.3 Å². The van der Waals surface area contributed by atoms with Gasteiger partial charge in [0.2, 0.25) is 5.91 Å². The van der Waals surface area contributed by atoms with E-state index in [1.165, 1.54) is 10.4 Å². The number of hydrogen-bond acceptors (Lipinski definition) is 8. The predicted octanol–water partition coefficient (Wildman–Crippen LogP) is 1.82. The predicted molar refractivity (Wildman–Crippen MR) is 137 cm³/mol. The van der Waals surface area contributed by atoms with Gasteiger partial charge in [0, 0.05) is 29.4 Å². The van der Waals surface area contributed by atoms with Gasteiger partial charge in [-0.1, -0.05) is 30.3 Å². The zero-order valence-corrected chi connectivity index (χ0v) is 21.5. The average Bonchev–Trinajstić information content (AvgIpc) is 3.17. The third kappa shape index (κ3) is 5.74. The Morgan fingerprint density at radius 2 is 1.95 bits per heavy atom. The molecule has 1 aliphatic heterocycles. The Morgan fingerprint density at radius 3 is 2.62 bits per heavy atom. The Hall–Kier alpha value is -3.54. The van der Waals surface area contributed by atoms with Gasteiger partial charge in [-0.2, -0.15) is 0 Å². The molecule has 2 atom stereocenters. The van der Waals surface area contributed by atoms with Crippen molar-refractivity contribution in [3.63, 3.8) is 0 Å². The number of amides is 2. The first-order chi connectivity index (χ1) is 17.5. The second kappa shape index (κ2) is 10.4. The smallest absolute Gasteiger partial charge is 0.266 e. The Morgan fingerprint density at radius 1 is 1.24 bits per heavy atom. The maximum atomic E-state index is 13.3. The van der Waals surface area contributed by atoms with Crippen LogP contribution >= 0.6 is 0 Å². The lowest BCUT2D eigenvalue weighted by atomic mass is 9.89. The fraction of sp³-hybridized carbons (Fsp3) is 0.346. The number of para-hydroxylation sites is 1. The van der Waals surface area contributed by atoms with Crippen LogP contribution in [-0.4, -0.2) is 59.9 Å². The van der Waals surface area contributed by atoms with Crippen molar-refractivity contribution in [3.05, 3.63) is 71.4 Å². The third-order valence-corrected chi connectivity index (χ3v) is 7.61. The van der Waals surface area contributed by atoms with Crippen LogP contribution in [0.1, 0.15) is 29.7 Å². The number of pyridine rings is 1. The molecule has 2 heterocycles. The minimum absolute atomic E-state index is 0.143. The molecule has 0 aliphatic carbocycles. The molecule has 1 aromatic heterocycles. The number of hydroxylamine groups is 1. The van der Waals surface area contributed by atoms with Crippen molar-refractivity contribution in [2.45, 2.75) is 38.0 Å². The van der Waals surface area contributed by atoms with Crippen LogP contribution in [0.2, 0.25) is 0 Å². The van der Waals surface area contributed by atoms with E-state index in [-0.39, 0.29) is 25.1 Å². The lowest BCUT2D eigenvalue weighted by molar-refractivity contribution is -0.144. The van der Waals surface area contributed by atoms with Crippen LogP contribution in [0.5, 0.6) is 5.75 Å². The first-order valence-electron chi connectivity index (χ1n) is 11.8. The first-order valence-corrected chi connectivity index (χ1v) is 13.9. The minimum atomic E-state index is -3.38. The molecule has 0 saturated carbocycles. The van der Waals surface area contributed by atoms with E-state index in [2.05, 4.69) is 4.98 Å². The molecule has 0 bridgehead atoms.